The molecule has 1 fully saturated rings. The fourth-order valence-electron chi connectivity index (χ4n) is 3.10. The Labute approximate surface area is 161 Å². The second-order valence-electron chi connectivity index (χ2n) is 6.33. The molecule has 1 aliphatic rings. The van der Waals surface area contributed by atoms with Gasteiger partial charge in [-0.3, -0.25) is 15.0 Å². The second-order valence-corrected chi connectivity index (χ2v) is 6.74. The average Bonchev–Trinajstić information content (AvgIpc) is 2.91. The van der Waals surface area contributed by atoms with Crippen LogP contribution in [-0.4, -0.2) is 42.0 Å². The number of anilines is 2. The van der Waals surface area contributed by atoms with E-state index < -0.39 is 4.92 Å². The van der Waals surface area contributed by atoms with Crippen molar-refractivity contribution < 1.29 is 14.7 Å². The zero-order valence-corrected chi connectivity index (χ0v) is 15.7. The minimum atomic E-state index is -0.400. The number of aromatic nitrogens is 1. The van der Waals surface area contributed by atoms with Gasteiger partial charge in [0.15, 0.2) is 0 Å². The van der Waals surface area contributed by atoms with Gasteiger partial charge in [-0.15, -0.1) is 0 Å². The summed E-state index contributed by atoms with van der Waals surface area (Å²) in [5, 5.41) is 14.8. The van der Waals surface area contributed by atoms with Crippen molar-refractivity contribution in [1.82, 2.24) is 4.90 Å². The molecule has 0 atom stereocenters. The van der Waals surface area contributed by atoms with Crippen LogP contribution in [0.2, 0.25) is 5.02 Å². The molecule has 9 heteroatoms. The van der Waals surface area contributed by atoms with Crippen molar-refractivity contribution in [2.45, 2.75) is 13.3 Å². The highest BCUT2D eigenvalue weighted by Crippen LogP contribution is 2.25. The Balaban J connectivity index is 1.69. The van der Waals surface area contributed by atoms with Gasteiger partial charge in [-0.1, -0.05) is 17.7 Å². The molecule has 0 unspecified atom stereocenters. The van der Waals surface area contributed by atoms with Crippen molar-refractivity contribution in [2.75, 3.05) is 36.4 Å². The Bertz CT molecular complexity index is 861. The molecule has 0 saturated carbocycles. The van der Waals surface area contributed by atoms with Crippen molar-refractivity contribution in [2.24, 2.45) is 0 Å². The number of urea groups is 1. The number of amides is 2. The first-order valence-electron chi connectivity index (χ1n) is 8.68. The number of carbonyl (C=O) groups excluding carboxylic acids is 1. The number of hydrogen-bond donors (Lipinski definition) is 1. The van der Waals surface area contributed by atoms with Crippen LogP contribution >= 0.6 is 11.6 Å². The predicted molar refractivity (Wildman–Crippen MR) is 103 cm³/mol. The van der Waals surface area contributed by atoms with Crippen molar-refractivity contribution in [3.63, 3.8) is 0 Å². The first kappa shape index (κ1) is 18.9. The minimum Gasteiger partial charge on any atom is -0.320 e. The van der Waals surface area contributed by atoms with Gasteiger partial charge in [0.25, 0.3) is 0 Å². The molecule has 1 aromatic heterocycles. The molecule has 2 amide bonds. The highest BCUT2D eigenvalue weighted by molar-refractivity contribution is 6.31. The number of nitrogens with zero attached hydrogens (tertiary/aromatic N) is 3. The highest BCUT2D eigenvalue weighted by atomic mass is 35.5. The third-order valence-electron chi connectivity index (χ3n) is 4.62. The topological polar surface area (TPSA) is 92.9 Å². The van der Waals surface area contributed by atoms with Crippen molar-refractivity contribution >= 4 is 34.8 Å². The summed E-state index contributed by atoms with van der Waals surface area (Å²) < 4.78 is 0. The Morgan fingerprint density at radius 2 is 2.04 bits per heavy atom. The van der Waals surface area contributed by atoms with Crippen LogP contribution < -0.4 is 15.2 Å². The molecule has 0 aliphatic carbocycles. The number of nitrogens with one attached hydrogen (secondary N) is 2. The average molecular weight is 391 g/mol. The molecule has 1 aromatic carbocycles. The van der Waals surface area contributed by atoms with Gasteiger partial charge < -0.3 is 10.2 Å². The van der Waals surface area contributed by atoms with Gasteiger partial charge in [0.05, 0.1) is 24.2 Å². The summed E-state index contributed by atoms with van der Waals surface area (Å²) in [7, 11) is 0. The van der Waals surface area contributed by atoms with E-state index in [1.165, 1.54) is 6.07 Å². The molecule has 0 spiro atoms. The quantitative estimate of drug-likeness (QED) is 0.643. The Hall–Kier alpha value is -2.87. The SMILES string of the molecule is Cc1c(Cl)cccc1NC(=O)N1CCCN(c2[nH+]cccc2[N+](=O)[O-])CC1. The molecule has 0 radical (unpaired) electrons. The lowest BCUT2D eigenvalue weighted by Gasteiger charge is -2.21. The van der Waals surface area contributed by atoms with Gasteiger partial charge >= 0.3 is 17.5 Å². The minimum absolute atomic E-state index is 0.0324. The summed E-state index contributed by atoms with van der Waals surface area (Å²) in [5.74, 6) is 0.468. The van der Waals surface area contributed by atoms with E-state index in [2.05, 4.69) is 10.3 Å². The molecule has 3 rings (SSSR count). The summed E-state index contributed by atoms with van der Waals surface area (Å²) in [6.07, 6.45) is 2.38. The van der Waals surface area contributed by atoms with Crippen LogP contribution in [0.3, 0.4) is 0 Å². The van der Waals surface area contributed by atoms with Crippen LogP contribution in [0.25, 0.3) is 0 Å². The van der Waals surface area contributed by atoms with E-state index in [0.717, 1.165) is 5.56 Å². The van der Waals surface area contributed by atoms with E-state index >= 15 is 0 Å². The lowest BCUT2D eigenvalue weighted by Crippen LogP contribution is -2.39. The molecule has 2 N–H and O–H groups in total. The number of H-pyrrole nitrogens is 1. The standard InChI is InChI=1S/C18H20ClN5O3/c1-13-14(19)5-2-6-15(13)21-18(25)23-10-4-9-22(11-12-23)17-16(24(26)27)7-3-8-20-17/h2-3,5-8H,4,9-12H2,1H3,(H,21,25)/p+1. The largest absolute Gasteiger partial charge is 0.357 e. The number of halogens is 1. The predicted octanol–water partition coefficient (Wildman–Crippen LogP) is 3.11. The van der Waals surface area contributed by atoms with Gasteiger partial charge in [-0.25, -0.2) is 9.78 Å². The maximum absolute atomic E-state index is 12.6. The molecule has 8 nitrogen and oxygen atoms in total. The number of carbonyl (C=O) groups is 1. The third-order valence-corrected chi connectivity index (χ3v) is 5.03. The number of benzene rings is 1. The van der Waals surface area contributed by atoms with Gasteiger partial charge in [-0.05, 0) is 30.7 Å². The highest BCUT2D eigenvalue weighted by Gasteiger charge is 2.30. The fourth-order valence-corrected chi connectivity index (χ4v) is 3.28. The maximum atomic E-state index is 12.6. The molecule has 0 bridgehead atoms. The van der Waals surface area contributed by atoms with Crippen molar-refractivity contribution in [3.8, 4) is 0 Å². The number of rotatable bonds is 3. The molecule has 2 heterocycles. The Morgan fingerprint density at radius 3 is 2.81 bits per heavy atom. The third kappa shape index (κ3) is 4.28. The number of aromatic amines is 1. The fraction of sp³-hybridized carbons (Fsp3) is 0.333. The number of pyridine rings is 1. The second kappa shape index (κ2) is 8.22. The molecule has 142 valence electrons. The maximum Gasteiger partial charge on any atom is 0.357 e. The Morgan fingerprint density at radius 1 is 1.22 bits per heavy atom. The van der Waals surface area contributed by atoms with Crippen molar-refractivity contribution in [3.05, 3.63) is 57.2 Å². The summed E-state index contributed by atoms with van der Waals surface area (Å²) in [5.41, 5.74) is 1.53. The van der Waals surface area contributed by atoms with Crippen LogP contribution in [0.5, 0.6) is 0 Å². The van der Waals surface area contributed by atoms with Gasteiger partial charge in [0.1, 0.15) is 6.54 Å². The smallest absolute Gasteiger partial charge is 0.320 e. The molecule has 27 heavy (non-hydrogen) atoms. The van der Waals surface area contributed by atoms with Crippen LogP contribution in [0.1, 0.15) is 12.0 Å². The lowest BCUT2D eigenvalue weighted by atomic mass is 10.2. The first-order valence-corrected chi connectivity index (χ1v) is 9.06. The molecular formula is C18H21ClN5O3+. The molecule has 2 aromatic rings. The Kier molecular flexibility index (Phi) is 5.75. The van der Waals surface area contributed by atoms with E-state index in [0.29, 0.717) is 49.1 Å². The van der Waals surface area contributed by atoms with E-state index in [9.17, 15) is 14.9 Å². The van der Waals surface area contributed by atoms with Crippen LogP contribution in [0, 0.1) is 17.0 Å². The van der Waals surface area contributed by atoms with Gasteiger partial charge in [0.2, 0.25) is 0 Å². The lowest BCUT2D eigenvalue weighted by molar-refractivity contribution is -0.411. The normalized spacial score (nSPS) is 14.6. The van der Waals surface area contributed by atoms with E-state index in [4.69, 9.17) is 11.6 Å². The zero-order valence-electron chi connectivity index (χ0n) is 14.9. The van der Waals surface area contributed by atoms with Gasteiger partial charge in [0, 0.05) is 29.7 Å². The monoisotopic (exact) mass is 390 g/mol. The van der Waals surface area contributed by atoms with Gasteiger partial charge in [-0.2, -0.15) is 0 Å². The zero-order chi connectivity index (χ0) is 19.4. The first-order chi connectivity index (χ1) is 13.0. The summed E-state index contributed by atoms with van der Waals surface area (Å²) in [6, 6.07) is 8.26. The molecular weight excluding hydrogens is 370 g/mol. The summed E-state index contributed by atoms with van der Waals surface area (Å²) in [4.78, 5) is 30.1. The number of nitro groups is 1. The van der Waals surface area contributed by atoms with Crippen LogP contribution in [0.15, 0.2) is 36.5 Å². The van der Waals surface area contributed by atoms with E-state index in [1.807, 2.05) is 17.9 Å². The summed E-state index contributed by atoms with van der Waals surface area (Å²) in [6.45, 7) is 4.02. The van der Waals surface area contributed by atoms with Crippen LogP contribution in [-0.2, 0) is 0 Å². The van der Waals surface area contributed by atoms with Crippen molar-refractivity contribution in [1.29, 1.82) is 0 Å². The number of hydrogen-bond acceptors (Lipinski definition) is 4. The van der Waals surface area contributed by atoms with Crippen LogP contribution in [0.4, 0.5) is 22.0 Å². The summed E-state index contributed by atoms with van der Waals surface area (Å²) >= 11 is 6.11. The molecule has 1 aliphatic heterocycles. The van der Waals surface area contributed by atoms with E-state index in [-0.39, 0.29) is 11.7 Å². The molecule has 1 saturated heterocycles. The van der Waals surface area contributed by atoms with E-state index in [1.54, 1.807) is 29.3 Å².